The predicted octanol–water partition coefficient (Wildman–Crippen LogP) is 2.00. The number of phenols is 1. The van der Waals surface area contributed by atoms with Gasteiger partial charge in [0.1, 0.15) is 11.5 Å². The van der Waals surface area contributed by atoms with Crippen molar-refractivity contribution in [3.63, 3.8) is 0 Å². The molecule has 0 heterocycles. The maximum Gasteiger partial charge on any atom is 0.270 e. The van der Waals surface area contributed by atoms with E-state index >= 15 is 0 Å². The second kappa shape index (κ2) is 7.73. The number of nitrogens with one attached hydrogen (secondary N) is 1. The lowest BCUT2D eigenvalue weighted by Crippen LogP contribution is -2.19. The number of hydrazone groups is 1. The van der Waals surface area contributed by atoms with E-state index < -0.39 is 4.92 Å². The number of methoxy groups -OCH3 is 1. The number of rotatable bonds is 6. The summed E-state index contributed by atoms with van der Waals surface area (Å²) < 4.78 is 5.07. The molecular formula is C16H15N3O5. The fourth-order valence-corrected chi connectivity index (χ4v) is 1.94. The summed E-state index contributed by atoms with van der Waals surface area (Å²) in [5, 5.41) is 24.0. The van der Waals surface area contributed by atoms with Crippen LogP contribution in [0.1, 0.15) is 11.1 Å². The minimum Gasteiger partial charge on any atom is -0.507 e. The van der Waals surface area contributed by atoms with Gasteiger partial charge in [-0.3, -0.25) is 14.9 Å². The Morgan fingerprint density at radius 1 is 1.38 bits per heavy atom. The number of ether oxygens (including phenoxy) is 1. The van der Waals surface area contributed by atoms with Crippen LogP contribution in [0.15, 0.2) is 47.6 Å². The minimum absolute atomic E-state index is 0.0927. The third-order valence-corrected chi connectivity index (χ3v) is 3.11. The molecule has 0 spiro atoms. The number of aromatic hydroxyl groups is 1. The summed E-state index contributed by atoms with van der Waals surface area (Å²) >= 11 is 0. The van der Waals surface area contributed by atoms with E-state index in [2.05, 4.69) is 10.5 Å². The number of carbonyl (C=O) groups is 1. The molecule has 0 radical (unpaired) electrons. The Morgan fingerprint density at radius 3 is 2.88 bits per heavy atom. The molecule has 0 aliphatic heterocycles. The van der Waals surface area contributed by atoms with Crippen molar-refractivity contribution in [2.75, 3.05) is 7.11 Å². The molecule has 124 valence electrons. The van der Waals surface area contributed by atoms with Crippen molar-refractivity contribution in [3.05, 3.63) is 63.7 Å². The number of nitrogens with zero attached hydrogens (tertiary/aromatic N) is 2. The largest absolute Gasteiger partial charge is 0.507 e. The number of hydrogen-bond acceptors (Lipinski definition) is 6. The van der Waals surface area contributed by atoms with Gasteiger partial charge in [0, 0.05) is 17.7 Å². The zero-order chi connectivity index (χ0) is 17.5. The summed E-state index contributed by atoms with van der Waals surface area (Å²) in [7, 11) is 1.54. The molecular weight excluding hydrogens is 314 g/mol. The molecule has 0 unspecified atom stereocenters. The van der Waals surface area contributed by atoms with Gasteiger partial charge in [-0.05, 0) is 23.8 Å². The molecule has 2 aromatic carbocycles. The van der Waals surface area contributed by atoms with E-state index in [1.54, 1.807) is 24.3 Å². The van der Waals surface area contributed by atoms with E-state index in [-0.39, 0.29) is 29.3 Å². The number of carbonyl (C=O) groups excluding carboxylic acids is 1. The van der Waals surface area contributed by atoms with E-state index in [1.807, 2.05) is 0 Å². The average molecular weight is 329 g/mol. The zero-order valence-corrected chi connectivity index (χ0v) is 12.8. The molecule has 0 saturated carbocycles. The van der Waals surface area contributed by atoms with Gasteiger partial charge in [-0.15, -0.1) is 0 Å². The highest BCUT2D eigenvalue weighted by Gasteiger charge is 2.09. The van der Waals surface area contributed by atoms with Crippen LogP contribution in [0.3, 0.4) is 0 Å². The fraction of sp³-hybridized carbons (Fsp3) is 0.125. The molecule has 0 fully saturated rings. The van der Waals surface area contributed by atoms with E-state index in [4.69, 9.17) is 4.74 Å². The SMILES string of the molecule is COc1cccc(CC(=O)N/N=C/c2cc([N+](=O)[O-])ccc2O)c1. The first-order chi connectivity index (χ1) is 11.5. The smallest absolute Gasteiger partial charge is 0.270 e. The Kier molecular flexibility index (Phi) is 5.45. The first-order valence-electron chi connectivity index (χ1n) is 6.92. The van der Waals surface area contributed by atoms with Crippen LogP contribution in [0.4, 0.5) is 5.69 Å². The van der Waals surface area contributed by atoms with Gasteiger partial charge in [-0.2, -0.15) is 5.10 Å². The Bertz CT molecular complexity index is 789. The third kappa shape index (κ3) is 4.54. The standard InChI is InChI=1S/C16H15N3O5/c1-24-14-4-2-3-11(7-14)8-16(21)18-17-10-12-9-13(19(22)23)5-6-15(12)20/h2-7,9-10,20H,8H2,1H3,(H,18,21)/b17-10+. The monoisotopic (exact) mass is 329 g/mol. The van der Waals surface area contributed by atoms with Gasteiger partial charge >= 0.3 is 0 Å². The summed E-state index contributed by atoms with van der Waals surface area (Å²) in [5.74, 6) is 0.0983. The van der Waals surface area contributed by atoms with Crippen molar-refractivity contribution in [1.82, 2.24) is 5.43 Å². The van der Waals surface area contributed by atoms with Gasteiger partial charge in [0.15, 0.2) is 0 Å². The highest BCUT2D eigenvalue weighted by Crippen LogP contribution is 2.21. The summed E-state index contributed by atoms with van der Waals surface area (Å²) in [4.78, 5) is 21.9. The third-order valence-electron chi connectivity index (χ3n) is 3.11. The molecule has 0 aromatic heterocycles. The predicted molar refractivity (Wildman–Crippen MR) is 87.2 cm³/mol. The number of benzene rings is 2. The van der Waals surface area contributed by atoms with Crippen molar-refractivity contribution in [2.45, 2.75) is 6.42 Å². The van der Waals surface area contributed by atoms with Gasteiger partial charge in [0.25, 0.3) is 5.69 Å². The van der Waals surface area contributed by atoms with Gasteiger partial charge < -0.3 is 9.84 Å². The lowest BCUT2D eigenvalue weighted by Gasteiger charge is -2.03. The lowest BCUT2D eigenvalue weighted by molar-refractivity contribution is -0.384. The van der Waals surface area contributed by atoms with E-state index in [0.29, 0.717) is 5.75 Å². The van der Waals surface area contributed by atoms with Crippen molar-refractivity contribution in [3.8, 4) is 11.5 Å². The molecule has 2 N–H and O–H groups in total. The number of amides is 1. The second-order valence-electron chi connectivity index (χ2n) is 4.82. The Morgan fingerprint density at radius 2 is 2.17 bits per heavy atom. The van der Waals surface area contributed by atoms with Crippen LogP contribution in [0.25, 0.3) is 0 Å². The first-order valence-corrected chi connectivity index (χ1v) is 6.92. The maximum absolute atomic E-state index is 11.8. The molecule has 8 nitrogen and oxygen atoms in total. The van der Waals surface area contributed by atoms with Gasteiger partial charge in [-0.1, -0.05) is 12.1 Å². The summed E-state index contributed by atoms with van der Waals surface area (Å²) in [6.45, 7) is 0. The van der Waals surface area contributed by atoms with E-state index in [1.165, 1.54) is 19.2 Å². The highest BCUT2D eigenvalue weighted by molar-refractivity contribution is 5.86. The molecule has 2 rings (SSSR count). The van der Waals surface area contributed by atoms with Crippen LogP contribution in [0, 0.1) is 10.1 Å². The van der Waals surface area contributed by atoms with E-state index in [0.717, 1.165) is 17.8 Å². The highest BCUT2D eigenvalue weighted by atomic mass is 16.6. The van der Waals surface area contributed by atoms with Gasteiger partial charge in [-0.25, -0.2) is 5.43 Å². The molecule has 0 saturated heterocycles. The normalized spacial score (nSPS) is 10.5. The zero-order valence-electron chi connectivity index (χ0n) is 12.8. The maximum atomic E-state index is 11.8. The number of nitro groups is 1. The Balaban J connectivity index is 1.99. The molecule has 0 atom stereocenters. The van der Waals surface area contributed by atoms with Gasteiger partial charge in [0.2, 0.25) is 5.91 Å². The van der Waals surface area contributed by atoms with Crippen LogP contribution in [0.2, 0.25) is 0 Å². The van der Waals surface area contributed by atoms with E-state index in [9.17, 15) is 20.0 Å². The molecule has 0 bridgehead atoms. The molecule has 24 heavy (non-hydrogen) atoms. The van der Waals surface area contributed by atoms with Crippen LogP contribution >= 0.6 is 0 Å². The lowest BCUT2D eigenvalue weighted by atomic mass is 10.1. The topological polar surface area (TPSA) is 114 Å². The summed E-state index contributed by atoms with van der Waals surface area (Å²) in [6.07, 6.45) is 1.24. The fourth-order valence-electron chi connectivity index (χ4n) is 1.94. The van der Waals surface area contributed by atoms with Crippen LogP contribution in [0.5, 0.6) is 11.5 Å². The molecule has 8 heteroatoms. The summed E-state index contributed by atoms with van der Waals surface area (Å²) in [5.41, 5.74) is 3.00. The summed E-state index contributed by atoms with van der Waals surface area (Å²) in [6, 6.07) is 10.6. The molecule has 0 aliphatic carbocycles. The molecule has 1 amide bonds. The first kappa shape index (κ1) is 16.9. The molecule has 0 aliphatic rings. The number of hydrogen-bond donors (Lipinski definition) is 2. The van der Waals surface area contributed by atoms with Crippen LogP contribution < -0.4 is 10.2 Å². The van der Waals surface area contributed by atoms with Crippen molar-refractivity contribution >= 4 is 17.8 Å². The quantitative estimate of drug-likeness (QED) is 0.478. The Labute approximate surface area is 137 Å². The number of nitro benzene ring substituents is 1. The van der Waals surface area contributed by atoms with Crippen LogP contribution in [-0.2, 0) is 11.2 Å². The van der Waals surface area contributed by atoms with Crippen LogP contribution in [-0.4, -0.2) is 29.3 Å². The Hall–Kier alpha value is -3.42. The van der Waals surface area contributed by atoms with Crippen molar-refractivity contribution < 1.29 is 19.6 Å². The number of non-ortho nitro benzene ring substituents is 1. The molecule has 2 aromatic rings. The van der Waals surface area contributed by atoms with Crippen molar-refractivity contribution in [1.29, 1.82) is 0 Å². The average Bonchev–Trinajstić information content (AvgIpc) is 2.56. The number of phenolic OH excluding ortho intramolecular Hbond substituents is 1. The minimum atomic E-state index is -0.585. The van der Waals surface area contributed by atoms with Crippen molar-refractivity contribution in [2.24, 2.45) is 5.10 Å². The second-order valence-corrected chi connectivity index (χ2v) is 4.82. The van der Waals surface area contributed by atoms with Gasteiger partial charge in [0.05, 0.1) is 24.7 Å².